The van der Waals surface area contributed by atoms with Crippen molar-refractivity contribution >= 4 is 46.2 Å². The van der Waals surface area contributed by atoms with Gasteiger partial charge >= 0.3 is 0 Å². The average molecular weight is 365 g/mol. The zero-order valence-electron chi connectivity index (χ0n) is 13.1. The summed E-state index contributed by atoms with van der Waals surface area (Å²) in [5.74, 6) is -0.396. The molecule has 126 valence electrons. The van der Waals surface area contributed by atoms with Crippen LogP contribution in [-0.2, 0) is 16.0 Å². The Kier molecular flexibility index (Phi) is 6.52. The van der Waals surface area contributed by atoms with Crippen molar-refractivity contribution in [1.82, 2.24) is 5.32 Å². The number of carbonyl (C=O) groups excluding carboxylic acids is 3. The minimum atomic E-state index is -0.231. The maximum absolute atomic E-state index is 11.9. The van der Waals surface area contributed by atoms with E-state index in [2.05, 4.69) is 10.6 Å². The highest BCUT2D eigenvalue weighted by Crippen LogP contribution is 2.23. The minimum Gasteiger partial charge on any atom is -0.359 e. The summed E-state index contributed by atoms with van der Waals surface area (Å²) in [5.41, 5.74) is 1.49. The Morgan fingerprint density at radius 2 is 1.71 bits per heavy atom. The molecular weight excluding hydrogens is 348 g/mol. The molecule has 0 aliphatic rings. The van der Waals surface area contributed by atoms with Crippen LogP contribution in [0.1, 0.15) is 28.1 Å². The summed E-state index contributed by atoms with van der Waals surface area (Å²) in [4.78, 5) is 35.7. The van der Waals surface area contributed by atoms with Crippen LogP contribution in [0.4, 0.5) is 5.69 Å². The third-order valence-electron chi connectivity index (χ3n) is 3.31. The molecule has 2 amide bonds. The van der Waals surface area contributed by atoms with Crippen LogP contribution < -0.4 is 10.6 Å². The standard InChI is InChI=1S/C17H17ClN2O3S/c1-19-17(23)10-11-2-4-12(5-3-11)20-16(22)9-6-13(21)14-7-8-15(18)24-14/h2-5,7-8H,6,9-10H2,1H3,(H,19,23)(H,20,22). The summed E-state index contributed by atoms with van der Waals surface area (Å²) in [7, 11) is 1.59. The Hall–Kier alpha value is -2.18. The van der Waals surface area contributed by atoms with Gasteiger partial charge in [0.15, 0.2) is 5.78 Å². The molecule has 7 heteroatoms. The maximum atomic E-state index is 11.9. The third-order valence-corrected chi connectivity index (χ3v) is 4.58. The average Bonchev–Trinajstić information content (AvgIpc) is 3.01. The van der Waals surface area contributed by atoms with Crippen molar-refractivity contribution in [1.29, 1.82) is 0 Å². The molecule has 0 bridgehead atoms. The number of amides is 2. The number of likely N-dealkylation sites (N-methyl/N-ethyl adjacent to an activating group) is 1. The summed E-state index contributed by atoms with van der Waals surface area (Å²) in [6, 6.07) is 10.4. The van der Waals surface area contributed by atoms with Gasteiger partial charge in [-0.1, -0.05) is 23.7 Å². The van der Waals surface area contributed by atoms with E-state index in [-0.39, 0.29) is 30.4 Å². The van der Waals surface area contributed by atoms with Gasteiger partial charge in [-0.2, -0.15) is 0 Å². The van der Waals surface area contributed by atoms with Gasteiger partial charge in [-0.3, -0.25) is 14.4 Å². The number of anilines is 1. The molecule has 2 N–H and O–H groups in total. The number of carbonyl (C=O) groups is 3. The first kappa shape index (κ1) is 18.2. The smallest absolute Gasteiger partial charge is 0.224 e. The fourth-order valence-corrected chi connectivity index (χ4v) is 3.03. The van der Waals surface area contributed by atoms with Crippen LogP contribution >= 0.6 is 22.9 Å². The molecule has 0 spiro atoms. The molecule has 0 aliphatic carbocycles. The fourth-order valence-electron chi connectivity index (χ4n) is 2.02. The van der Waals surface area contributed by atoms with E-state index in [0.29, 0.717) is 21.3 Å². The predicted octanol–water partition coefficient (Wildman–Crippen LogP) is 3.29. The highest BCUT2D eigenvalue weighted by molar-refractivity contribution is 7.18. The molecule has 5 nitrogen and oxygen atoms in total. The van der Waals surface area contributed by atoms with E-state index in [0.717, 1.165) is 5.56 Å². The lowest BCUT2D eigenvalue weighted by Crippen LogP contribution is -2.19. The number of hydrogen-bond acceptors (Lipinski definition) is 4. The van der Waals surface area contributed by atoms with E-state index in [1.165, 1.54) is 11.3 Å². The topological polar surface area (TPSA) is 75.3 Å². The number of ketones is 1. The highest BCUT2D eigenvalue weighted by atomic mass is 35.5. The lowest BCUT2D eigenvalue weighted by atomic mass is 10.1. The van der Waals surface area contributed by atoms with Gasteiger partial charge in [-0.15, -0.1) is 11.3 Å². The van der Waals surface area contributed by atoms with E-state index in [4.69, 9.17) is 11.6 Å². The lowest BCUT2D eigenvalue weighted by Gasteiger charge is -2.06. The van der Waals surface area contributed by atoms with Crippen molar-refractivity contribution in [2.75, 3.05) is 12.4 Å². The fraction of sp³-hybridized carbons (Fsp3) is 0.235. The highest BCUT2D eigenvalue weighted by Gasteiger charge is 2.11. The van der Waals surface area contributed by atoms with Gasteiger partial charge < -0.3 is 10.6 Å². The van der Waals surface area contributed by atoms with Gasteiger partial charge in [-0.05, 0) is 29.8 Å². The van der Waals surface area contributed by atoms with Crippen molar-refractivity contribution in [3.63, 3.8) is 0 Å². The first-order valence-electron chi connectivity index (χ1n) is 7.36. The van der Waals surface area contributed by atoms with Crippen molar-refractivity contribution in [3.8, 4) is 0 Å². The molecule has 0 fully saturated rings. The zero-order chi connectivity index (χ0) is 17.5. The quantitative estimate of drug-likeness (QED) is 0.740. The summed E-state index contributed by atoms with van der Waals surface area (Å²) in [5, 5.41) is 5.29. The molecule has 0 saturated heterocycles. The number of Topliss-reactive ketones (excluding diaryl/α,β-unsaturated/α-hetero) is 1. The normalized spacial score (nSPS) is 10.2. The molecule has 2 aromatic rings. The van der Waals surface area contributed by atoms with Crippen molar-refractivity contribution < 1.29 is 14.4 Å². The van der Waals surface area contributed by atoms with Crippen molar-refractivity contribution in [3.05, 3.63) is 51.2 Å². The van der Waals surface area contributed by atoms with Crippen LogP contribution in [0.2, 0.25) is 4.34 Å². The lowest BCUT2D eigenvalue weighted by molar-refractivity contribution is -0.120. The van der Waals surface area contributed by atoms with Crippen LogP contribution in [-0.4, -0.2) is 24.6 Å². The number of thiophene rings is 1. The van der Waals surface area contributed by atoms with Gasteiger partial charge in [0.2, 0.25) is 11.8 Å². The van der Waals surface area contributed by atoms with E-state index in [1.807, 2.05) is 0 Å². The second kappa shape index (κ2) is 8.61. The monoisotopic (exact) mass is 364 g/mol. The van der Waals surface area contributed by atoms with E-state index >= 15 is 0 Å². The van der Waals surface area contributed by atoms with Crippen LogP contribution in [0.25, 0.3) is 0 Å². The molecule has 1 aromatic carbocycles. The number of halogens is 1. The first-order valence-corrected chi connectivity index (χ1v) is 8.55. The second-order valence-electron chi connectivity index (χ2n) is 5.12. The molecular formula is C17H17ClN2O3S. The number of nitrogens with one attached hydrogen (secondary N) is 2. The Morgan fingerprint density at radius 1 is 1.00 bits per heavy atom. The summed E-state index contributed by atoms with van der Waals surface area (Å²) in [6.07, 6.45) is 0.536. The van der Waals surface area contributed by atoms with Gasteiger partial charge in [0.1, 0.15) is 0 Å². The van der Waals surface area contributed by atoms with Crippen LogP contribution in [0, 0.1) is 0 Å². The zero-order valence-corrected chi connectivity index (χ0v) is 14.7. The largest absolute Gasteiger partial charge is 0.359 e. The van der Waals surface area contributed by atoms with E-state index in [9.17, 15) is 14.4 Å². The SMILES string of the molecule is CNC(=O)Cc1ccc(NC(=O)CCC(=O)c2ccc(Cl)s2)cc1. The molecule has 24 heavy (non-hydrogen) atoms. The second-order valence-corrected chi connectivity index (χ2v) is 6.84. The summed E-state index contributed by atoms with van der Waals surface area (Å²) < 4.78 is 0.555. The molecule has 0 atom stereocenters. The van der Waals surface area contributed by atoms with Gasteiger partial charge in [-0.25, -0.2) is 0 Å². The maximum Gasteiger partial charge on any atom is 0.224 e. The van der Waals surface area contributed by atoms with E-state index in [1.54, 1.807) is 43.4 Å². The van der Waals surface area contributed by atoms with Crippen LogP contribution in [0.3, 0.4) is 0 Å². The molecule has 1 aromatic heterocycles. The Balaban J connectivity index is 1.81. The minimum absolute atomic E-state index is 0.0704. The first-order chi connectivity index (χ1) is 11.5. The molecule has 0 radical (unpaired) electrons. The molecule has 0 saturated carbocycles. The molecule has 0 aliphatic heterocycles. The van der Waals surface area contributed by atoms with Gasteiger partial charge in [0.25, 0.3) is 0 Å². The molecule has 1 heterocycles. The number of benzene rings is 1. The predicted molar refractivity (Wildman–Crippen MR) is 95.7 cm³/mol. The van der Waals surface area contributed by atoms with Crippen LogP contribution in [0.15, 0.2) is 36.4 Å². The summed E-state index contributed by atoms with van der Waals surface area (Å²) in [6.45, 7) is 0. The third kappa shape index (κ3) is 5.47. The molecule has 0 unspecified atom stereocenters. The van der Waals surface area contributed by atoms with Gasteiger partial charge in [0.05, 0.1) is 15.6 Å². The Morgan fingerprint density at radius 3 is 2.29 bits per heavy atom. The molecule has 2 rings (SSSR count). The van der Waals surface area contributed by atoms with Crippen LogP contribution in [0.5, 0.6) is 0 Å². The van der Waals surface area contributed by atoms with Crippen molar-refractivity contribution in [2.24, 2.45) is 0 Å². The number of rotatable bonds is 7. The van der Waals surface area contributed by atoms with Gasteiger partial charge in [0, 0.05) is 25.6 Å². The Bertz CT molecular complexity index is 741. The Labute approximate surface area is 149 Å². The van der Waals surface area contributed by atoms with E-state index < -0.39 is 0 Å². The number of hydrogen-bond donors (Lipinski definition) is 2. The van der Waals surface area contributed by atoms with Crippen molar-refractivity contribution in [2.45, 2.75) is 19.3 Å². The summed E-state index contributed by atoms with van der Waals surface area (Å²) >= 11 is 7.00.